The predicted molar refractivity (Wildman–Crippen MR) is 67.8 cm³/mol. The standard InChI is InChI=1S/C12H25NO6/c14-7-12(8-15,9-16)13-4-10(17)5-18-6-11-2-1-3-19-11/h10-11,13-17H,1-9H2. The molecule has 0 spiro atoms. The summed E-state index contributed by atoms with van der Waals surface area (Å²) in [4.78, 5) is 0. The number of aliphatic hydroxyl groups is 4. The van der Waals surface area contributed by atoms with E-state index in [0.717, 1.165) is 19.4 Å². The molecule has 2 atom stereocenters. The van der Waals surface area contributed by atoms with Crippen LogP contribution < -0.4 is 5.32 Å². The van der Waals surface area contributed by atoms with Gasteiger partial charge < -0.3 is 35.2 Å². The van der Waals surface area contributed by atoms with Crippen LogP contribution >= 0.6 is 0 Å². The van der Waals surface area contributed by atoms with Crippen molar-refractivity contribution in [3.8, 4) is 0 Å². The summed E-state index contributed by atoms with van der Waals surface area (Å²) in [7, 11) is 0. The van der Waals surface area contributed by atoms with E-state index in [0.29, 0.717) is 6.61 Å². The molecule has 0 saturated carbocycles. The highest BCUT2D eigenvalue weighted by molar-refractivity contribution is 4.87. The van der Waals surface area contributed by atoms with Crippen molar-refractivity contribution in [2.75, 3.05) is 46.2 Å². The summed E-state index contributed by atoms with van der Waals surface area (Å²) in [6, 6.07) is 0. The highest BCUT2D eigenvalue weighted by atomic mass is 16.5. The van der Waals surface area contributed by atoms with Gasteiger partial charge in [0.25, 0.3) is 0 Å². The molecule has 7 heteroatoms. The Hall–Kier alpha value is -0.280. The summed E-state index contributed by atoms with van der Waals surface area (Å²) in [5.74, 6) is 0. The number of hydrogen-bond acceptors (Lipinski definition) is 7. The minimum absolute atomic E-state index is 0.117. The highest BCUT2D eigenvalue weighted by Gasteiger charge is 2.28. The third kappa shape index (κ3) is 5.70. The molecule has 1 fully saturated rings. The Kier molecular flexibility index (Phi) is 7.77. The zero-order chi connectivity index (χ0) is 14.1. The van der Waals surface area contributed by atoms with Crippen LogP contribution in [0.2, 0.25) is 0 Å². The quantitative estimate of drug-likeness (QED) is 0.310. The number of rotatable bonds is 10. The Morgan fingerprint density at radius 2 is 1.95 bits per heavy atom. The van der Waals surface area contributed by atoms with Gasteiger partial charge in [0.05, 0.1) is 50.8 Å². The van der Waals surface area contributed by atoms with Gasteiger partial charge in [-0.3, -0.25) is 0 Å². The van der Waals surface area contributed by atoms with Crippen molar-refractivity contribution >= 4 is 0 Å². The molecule has 2 unspecified atom stereocenters. The number of β-amino-alcohol motifs (C(OH)–C–C–N with tert-alkyl or cyclic N) is 1. The van der Waals surface area contributed by atoms with Crippen molar-refractivity contribution in [1.82, 2.24) is 5.32 Å². The highest BCUT2D eigenvalue weighted by Crippen LogP contribution is 2.12. The van der Waals surface area contributed by atoms with Crippen LogP contribution in [-0.4, -0.2) is 84.4 Å². The molecule has 0 bridgehead atoms. The molecule has 1 saturated heterocycles. The molecule has 1 rings (SSSR count). The molecule has 19 heavy (non-hydrogen) atoms. The normalized spacial score (nSPS) is 21.8. The van der Waals surface area contributed by atoms with E-state index in [1.165, 1.54) is 0 Å². The summed E-state index contributed by atoms with van der Waals surface area (Å²) in [6.07, 6.45) is 1.37. The van der Waals surface area contributed by atoms with Crippen molar-refractivity contribution in [2.24, 2.45) is 0 Å². The van der Waals surface area contributed by atoms with Crippen LogP contribution in [0.1, 0.15) is 12.8 Å². The Labute approximate surface area is 113 Å². The maximum Gasteiger partial charge on any atom is 0.0897 e. The van der Waals surface area contributed by atoms with E-state index in [9.17, 15) is 5.11 Å². The SMILES string of the molecule is OCC(CO)(CO)NCC(O)COCC1CCCO1. The molecule has 5 N–H and O–H groups in total. The van der Waals surface area contributed by atoms with Crippen molar-refractivity contribution < 1.29 is 29.9 Å². The van der Waals surface area contributed by atoms with Crippen LogP contribution in [0.4, 0.5) is 0 Å². The Bertz CT molecular complexity index is 222. The van der Waals surface area contributed by atoms with Gasteiger partial charge in [0.1, 0.15) is 0 Å². The Balaban J connectivity index is 2.13. The number of aliphatic hydroxyl groups excluding tert-OH is 4. The lowest BCUT2D eigenvalue weighted by molar-refractivity contribution is -0.0235. The molecule has 1 aliphatic rings. The second-order valence-corrected chi connectivity index (χ2v) is 4.96. The second-order valence-electron chi connectivity index (χ2n) is 4.96. The first-order valence-corrected chi connectivity index (χ1v) is 6.61. The van der Waals surface area contributed by atoms with Crippen molar-refractivity contribution in [3.63, 3.8) is 0 Å². The van der Waals surface area contributed by atoms with Crippen molar-refractivity contribution in [2.45, 2.75) is 30.6 Å². The molecule has 1 aliphatic heterocycles. The number of ether oxygens (including phenoxy) is 2. The Morgan fingerprint density at radius 3 is 2.47 bits per heavy atom. The van der Waals surface area contributed by atoms with E-state index in [1.807, 2.05) is 0 Å². The summed E-state index contributed by atoms with van der Waals surface area (Å²) >= 11 is 0. The molecule has 0 amide bonds. The molecular weight excluding hydrogens is 254 g/mol. The van der Waals surface area contributed by atoms with Crippen LogP contribution in [0.5, 0.6) is 0 Å². The van der Waals surface area contributed by atoms with E-state index < -0.39 is 31.5 Å². The van der Waals surface area contributed by atoms with Gasteiger partial charge in [-0.05, 0) is 12.8 Å². The largest absolute Gasteiger partial charge is 0.394 e. The number of hydrogen-bond donors (Lipinski definition) is 5. The molecule has 1 heterocycles. The zero-order valence-electron chi connectivity index (χ0n) is 11.1. The fourth-order valence-corrected chi connectivity index (χ4v) is 1.82. The van der Waals surface area contributed by atoms with E-state index in [1.54, 1.807) is 0 Å². The van der Waals surface area contributed by atoms with Gasteiger partial charge in [0.2, 0.25) is 0 Å². The third-order valence-corrected chi connectivity index (χ3v) is 3.26. The molecule has 114 valence electrons. The van der Waals surface area contributed by atoms with Gasteiger partial charge in [-0.15, -0.1) is 0 Å². The molecule has 0 aliphatic carbocycles. The van der Waals surface area contributed by atoms with Crippen molar-refractivity contribution in [3.05, 3.63) is 0 Å². The average Bonchev–Trinajstić information content (AvgIpc) is 2.94. The molecule has 0 radical (unpaired) electrons. The Morgan fingerprint density at radius 1 is 1.26 bits per heavy atom. The van der Waals surface area contributed by atoms with Gasteiger partial charge in [-0.25, -0.2) is 0 Å². The van der Waals surface area contributed by atoms with Crippen molar-refractivity contribution in [1.29, 1.82) is 0 Å². The maximum atomic E-state index is 9.70. The minimum Gasteiger partial charge on any atom is -0.394 e. The van der Waals surface area contributed by atoms with Crippen LogP contribution in [0, 0.1) is 0 Å². The van der Waals surface area contributed by atoms with E-state index in [-0.39, 0.29) is 19.3 Å². The number of nitrogens with one attached hydrogen (secondary N) is 1. The maximum absolute atomic E-state index is 9.70. The van der Waals surface area contributed by atoms with Crippen LogP contribution in [0.15, 0.2) is 0 Å². The molecule has 7 nitrogen and oxygen atoms in total. The monoisotopic (exact) mass is 279 g/mol. The molecule has 0 aromatic heterocycles. The lowest BCUT2D eigenvalue weighted by atomic mass is 10.0. The lowest BCUT2D eigenvalue weighted by Crippen LogP contribution is -2.57. The van der Waals surface area contributed by atoms with Gasteiger partial charge in [0, 0.05) is 13.2 Å². The summed E-state index contributed by atoms with van der Waals surface area (Å²) in [5, 5.41) is 39.7. The summed E-state index contributed by atoms with van der Waals surface area (Å²) in [6.45, 7) is 0.251. The van der Waals surface area contributed by atoms with Gasteiger partial charge in [-0.1, -0.05) is 0 Å². The molecular formula is C12H25NO6. The lowest BCUT2D eigenvalue weighted by Gasteiger charge is -2.30. The van der Waals surface area contributed by atoms with E-state index in [2.05, 4.69) is 5.32 Å². The molecule has 0 aromatic carbocycles. The van der Waals surface area contributed by atoms with Gasteiger partial charge >= 0.3 is 0 Å². The van der Waals surface area contributed by atoms with E-state index >= 15 is 0 Å². The first-order chi connectivity index (χ1) is 9.15. The summed E-state index contributed by atoms with van der Waals surface area (Å²) < 4.78 is 10.7. The predicted octanol–water partition coefficient (Wildman–Crippen LogP) is -2.15. The average molecular weight is 279 g/mol. The first kappa shape index (κ1) is 16.8. The molecule has 0 aromatic rings. The van der Waals surface area contributed by atoms with Crippen LogP contribution in [0.3, 0.4) is 0 Å². The van der Waals surface area contributed by atoms with Gasteiger partial charge in [-0.2, -0.15) is 0 Å². The smallest absolute Gasteiger partial charge is 0.0897 e. The van der Waals surface area contributed by atoms with Crippen LogP contribution in [-0.2, 0) is 9.47 Å². The fourth-order valence-electron chi connectivity index (χ4n) is 1.82. The van der Waals surface area contributed by atoms with Gasteiger partial charge in [0.15, 0.2) is 0 Å². The summed E-state index contributed by atoms with van der Waals surface area (Å²) in [5.41, 5.74) is -1.17. The first-order valence-electron chi connectivity index (χ1n) is 6.61. The minimum atomic E-state index is -1.17. The topological polar surface area (TPSA) is 111 Å². The van der Waals surface area contributed by atoms with E-state index in [4.69, 9.17) is 24.8 Å². The fraction of sp³-hybridized carbons (Fsp3) is 1.00. The third-order valence-electron chi connectivity index (χ3n) is 3.26. The van der Waals surface area contributed by atoms with Crippen LogP contribution in [0.25, 0.3) is 0 Å². The zero-order valence-corrected chi connectivity index (χ0v) is 11.1. The second kappa shape index (κ2) is 8.80.